The molecule has 3 N–H and O–H groups in total. The van der Waals surface area contributed by atoms with E-state index in [1.54, 1.807) is 16.8 Å². The molecule has 12 heteroatoms. The average molecular weight is 860 g/mol. The summed E-state index contributed by atoms with van der Waals surface area (Å²) in [6.45, 7) is 7.55. The van der Waals surface area contributed by atoms with E-state index in [0.717, 1.165) is 73.3 Å². The minimum Gasteiger partial charge on any atom is -0.494 e. The molecule has 1 spiro atoms. The van der Waals surface area contributed by atoms with Gasteiger partial charge in [0.15, 0.2) is 0 Å². The number of carboxylic acid groups (broad SMARTS) is 1. The van der Waals surface area contributed by atoms with Crippen LogP contribution < -0.4 is 20.1 Å². The van der Waals surface area contributed by atoms with E-state index in [0.29, 0.717) is 61.4 Å². The van der Waals surface area contributed by atoms with Crippen LogP contribution in [0.4, 0.5) is 5.69 Å². The van der Waals surface area contributed by atoms with E-state index in [2.05, 4.69) is 51.9 Å². The summed E-state index contributed by atoms with van der Waals surface area (Å²) in [5, 5.41) is 26.1. The van der Waals surface area contributed by atoms with Crippen molar-refractivity contribution < 1.29 is 24.2 Å². The van der Waals surface area contributed by atoms with Crippen molar-refractivity contribution >= 4 is 29.2 Å². The molecule has 5 aromatic rings. The van der Waals surface area contributed by atoms with Gasteiger partial charge in [0.2, 0.25) is 5.91 Å². The number of halogens is 1. The van der Waals surface area contributed by atoms with Gasteiger partial charge in [-0.3, -0.25) is 14.5 Å². The van der Waals surface area contributed by atoms with Crippen LogP contribution in [0.2, 0.25) is 5.02 Å². The van der Waals surface area contributed by atoms with Crippen LogP contribution in [0.1, 0.15) is 118 Å². The van der Waals surface area contributed by atoms with Crippen molar-refractivity contribution in [3.8, 4) is 22.8 Å². The van der Waals surface area contributed by atoms with E-state index in [-0.39, 0.29) is 23.3 Å². The summed E-state index contributed by atoms with van der Waals surface area (Å²) in [6.07, 6.45) is 12.2. The molecule has 0 saturated heterocycles. The lowest BCUT2D eigenvalue weighted by Crippen LogP contribution is -2.53. The summed E-state index contributed by atoms with van der Waals surface area (Å²) in [5.74, 6) is 1.88. The Morgan fingerprint density at radius 1 is 1.02 bits per heavy atom. The molecule has 8 rings (SSSR count). The number of hydrogen-bond donors (Lipinski definition) is 3. The number of aromatic nitrogens is 4. The molecule has 3 aromatic carbocycles. The highest BCUT2D eigenvalue weighted by molar-refractivity contribution is 6.30. The molecule has 1 saturated carbocycles. The molecule has 1 fully saturated rings. The number of aryl methyl sites for hydroxylation is 2. The minimum atomic E-state index is -1.11. The van der Waals surface area contributed by atoms with Crippen molar-refractivity contribution in [1.29, 1.82) is 0 Å². The molecule has 1 amide bonds. The van der Waals surface area contributed by atoms with E-state index < -0.39 is 11.5 Å². The fraction of sp³-hybridized carbons (Fsp3) is 0.460. The van der Waals surface area contributed by atoms with E-state index in [4.69, 9.17) is 21.1 Å². The Bertz CT molecular complexity index is 2390. The van der Waals surface area contributed by atoms with E-state index >= 15 is 0 Å². The number of carbonyl (C=O) groups is 2. The van der Waals surface area contributed by atoms with Gasteiger partial charge in [0.05, 0.1) is 25.5 Å². The van der Waals surface area contributed by atoms with Gasteiger partial charge in [0, 0.05) is 47.2 Å². The van der Waals surface area contributed by atoms with Crippen molar-refractivity contribution in [1.82, 2.24) is 25.3 Å². The molecule has 0 bridgehead atoms. The van der Waals surface area contributed by atoms with Crippen LogP contribution in [0.15, 0.2) is 85.2 Å². The van der Waals surface area contributed by atoms with Gasteiger partial charge in [-0.1, -0.05) is 61.0 Å². The zero-order chi connectivity index (χ0) is 43.4. The van der Waals surface area contributed by atoms with Crippen molar-refractivity contribution in [3.63, 3.8) is 0 Å². The van der Waals surface area contributed by atoms with Crippen LogP contribution in [0, 0.1) is 11.8 Å². The SMILES string of the molecule is C[C@@H](COc1ccnc2c1[C@H](C)CCC2)C[C@H]1Cc2ccc(OCCCC(=O)N[C@@H](C)c3cccc(-c4cn(C)nn4)c3)cc2C12CCC(Nc1cccc(Cl)c1)(C(=O)O)CC2. The number of carboxylic acids is 1. The topological polar surface area (TPSA) is 140 Å². The number of aliphatic carboxylic acids is 1. The number of ether oxygens (including phenoxy) is 2. The van der Waals surface area contributed by atoms with E-state index in [1.165, 1.54) is 22.4 Å². The maximum absolute atomic E-state index is 13.1. The smallest absolute Gasteiger partial charge is 0.329 e. The highest BCUT2D eigenvalue weighted by atomic mass is 35.5. The fourth-order valence-electron chi connectivity index (χ4n) is 10.4. The summed E-state index contributed by atoms with van der Waals surface area (Å²) in [4.78, 5) is 30.8. The molecule has 0 unspecified atom stereocenters. The number of carbonyl (C=O) groups excluding carboxylic acids is 1. The Morgan fingerprint density at radius 3 is 2.61 bits per heavy atom. The molecule has 326 valence electrons. The second-order valence-corrected chi connectivity index (χ2v) is 18.6. The Morgan fingerprint density at radius 2 is 1.84 bits per heavy atom. The van der Waals surface area contributed by atoms with Gasteiger partial charge >= 0.3 is 5.97 Å². The number of nitrogens with one attached hydrogen (secondary N) is 2. The lowest BCUT2D eigenvalue weighted by Gasteiger charge is -2.47. The number of benzene rings is 3. The predicted molar refractivity (Wildman–Crippen MR) is 242 cm³/mol. The van der Waals surface area contributed by atoms with Gasteiger partial charge in [-0.05, 0) is 153 Å². The minimum absolute atomic E-state index is 0.0336. The third-order valence-corrected chi connectivity index (χ3v) is 14.0. The van der Waals surface area contributed by atoms with E-state index in [9.17, 15) is 14.7 Å². The van der Waals surface area contributed by atoms with Crippen molar-refractivity contribution in [3.05, 3.63) is 118 Å². The molecule has 11 nitrogen and oxygen atoms in total. The van der Waals surface area contributed by atoms with Crippen LogP contribution in [0.3, 0.4) is 0 Å². The van der Waals surface area contributed by atoms with Crippen LogP contribution in [-0.2, 0) is 34.9 Å². The largest absolute Gasteiger partial charge is 0.494 e. The summed E-state index contributed by atoms with van der Waals surface area (Å²) in [5.41, 5.74) is 7.12. The Kier molecular flexibility index (Phi) is 12.9. The van der Waals surface area contributed by atoms with E-state index in [1.807, 2.05) is 74.9 Å². The summed E-state index contributed by atoms with van der Waals surface area (Å²) in [6, 6.07) is 23.6. The van der Waals surface area contributed by atoms with Crippen LogP contribution in [-0.4, -0.2) is 55.7 Å². The van der Waals surface area contributed by atoms with Gasteiger partial charge in [-0.25, -0.2) is 4.79 Å². The Labute approximate surface area is 370 Å². The van der Waals surface area contributed by atoms with Crippen LogP contribution in [0.5, 0.6) is 11.5 Å². The number of rotatable bonds is 16. The number of pyridine rings is 1. The maximum atomic E-state index is 13.1. The second-order valence-electron chi connectivity index (χ2n) is 18.2. The molecule has 62 heavy (non-hydrogen) atoms. The Balaban J connectivity index is 0.937. The predicted octanol–water partition coefficient (Wildman–Crippen LogP) is 10.0. The molecule has 3 aliphatic rings. The molecule has 3 aliphatic carbocycles. The quantitative estimate of drug-likeness (QED) is 0.0828. The zero-order valence-electron chi connectivity index (χ0n) is 36.3. The lowest BCUT2D eigenvalue weighted by molar-refractivity contribution is -0.144. The summed E-state index contributed by atoms with van der Waals surface area (Å²) >= 11 is 6.32. The molecule has 4 atom stereocenters. The molecular formula is C50H59ClN6O5. The van der Waals surface area contributed by atoms with Gasteiger partial charge in [0.25, 0.3) is 0 Å². The number of fused-ring (bicyclic) bond motifs is 3. The number of hydrogen-bond acceptors (Lipinski definition) is 8. The van der Waals surface area contributed by atoms with Crippen molar-refractivity contribution in [2.75, 3.05) is 18.5 Å². The first-order valence-electron chi connectivity index (χ1n) is 22.3. The zero-order valence-corrected chi connectivity index (χ0v) is 37.1. The highest BCUT2D eigenvalue weighted by Gasteiger charge is 2.54. The van der Waals surface area contributed by atoms with Crippen LogP contribution >= 0.6 is 11.6 Å². The van der Waals surface area contributed by atoms with Crippen molar-refractivity contribution in [2.24, 2.45) is 18.9 Å². The molecule has 2 heterocycles. The Hall–Kier alpha value is -5.42. The number of amides is 1. The number of nitrogens with zero attached hydrogens (tertiary/aromatic N) is 4. The highest BCUT2D eigenvalue weighted by Crippen LogP contribution is 2.57. The maximum Gasteiger partial charge on any atom is 0.329 e. The summed E-state index contributed by atoms with van der Waals surface area (Å²) < 4.78 is 14.6. The van der Waals surface area contributed by atoms with Gasteiger partial charge < -0.3 is 25.2 Å². The first kappa shape index (κ1) is 43.2. The third kappa shape index (κ3) is 9.33. The second kappa shape index (κ2) is 18.5. The third-order valence-electron chi connectivity index (χ3n) is 13.7. The first-order chi connectivity index (χ1) is 29.9. The fourth-order valence-corrected chi connectivity index (χ4v) is 10.6. The monoisotopic (exact) mass is 858 g/mol. The summed E-state index contributed by atoms with van der Waals surface area (Å²) in [7, 11) is 1.84. The van der Waals surface area contributed by atoms with Gasteiger partial charge in [-0.15, -0.1) is 5.10 Å². The first-order valence-corrected chi connectivity index (χ1v) is 22.7. The molecule has 0 aliphatic heterocycles. The molecule has 0 radical (unpaired) electrons. The van der Waals surface area contributed by atoms with Crippen molar-refractivity contribution in [2.45, 2.75) is 114 Å². The standard InChI is InChI=1S/C50H59ClN6O5/c1-32(31-62-45-18-23-52-43-14-5-9-33(2)47(43)45)25-38-27-36-16-17-41(29-42(36)49(38)19-21-50(22-20-49,48(59)60)54-40-13-7-12-39(51)28-40)61-24-8-15-46(58)53-34(3)35-10-6-11-37(26-35)44-30-57(4)56-55-44/h6-7,10-13,16-18,23,26,28-30,32-34,38,54H,5,8-9,14-15,19-22,24-25,27,31H2,1-4H3,(H,53,58)(H,59,60)/t32-,33-,34+,38+,49?,50?/m1/s1. The van der Waals surface area contributed by atoms with Gasteiger partial charge in [0.1, 0.15) is 22.7 Å². The molecule has 2 aromatic heterocycles. The molecular weight excluding hydrogens is 800 g/mol. The normalized spacial score (nSPS) is 22.6. The lowest BCUT2D eigenvalue weighted by atomic mass is 9.59. The van der Waals surface area contributed by atoms with Crippen LogP contribution in [0.25, 0.3) is 11.3 Å². The average Bonchev–Trinajstić information content (AvgIpc) is 3.82. The van der Waals surface area contributed by atoms with Gasteiger partial charge in [-0.2, -0.15) is 0 Å². The number of anilines is 1.